The van der Waals surface area contributed by atoms with Crippen LogP contribution in [0.3, 0.4) is 0 Å². The standard InChI is InChI=1S/C15H19ClN6O/c16-12-2-1-3-19-14(12)21-4-6-22(7-5-21)15(23)13(17)8-11-9-18-10-20-11/h1-3,9-10,13H,4-8,17H2,(H,18,20)/t13-/m0/s1. The molecule has 7 nitrogen and oxygen atoms in total. The molecule has 1 aliphatic heterocycles. The third-order valence-electron chi connectivity index (χ3n) is 3.94. The molecule has 0 radical (unpaired) electrons. The molecular weight excluding hydrogens is 316 g/mol. The van der Waals surface area contributed by atoms with Gasteiger partial charge in [-0.05, 0) is 12.1 Å². The molecule has 0 spiro atoms. The summed E-state index contributed by atoms with van der Waals surface area (Å²) in [5.41, 5.74) is 6.89. The van der Waals surface area contributed by atoms with Crippen molar-refractivity contribution in [3.05, 3.63) is 41.6 Å². The van der Waals surface area contributed by atoms with Gasteiger partial charge in [-0.15, -0.1) is 0 Å². The van der Waals surface area contributed by atoms with E-state index in [1.54, 1.807) is 29.7 Å². The van der Waals surface area contributed by atoms with Crippen LogP contribution in [0.5, 0.6) is 0 Å². The van der Waals surface area contributed by atoms with Crippen LogP contribution in [0.15, 0.2) is 30.9 Å². The normalized spacial score (nSPS) is 16.4. The quantitative estimate of drug-likeness (QED) is 0.858. The Balaban J connectivity index is 1.56. The first-order valence-corrected chi connectivity index (χ1v) is 7.90. The van der Waals surface area contributed by atoms with E-state index in [2.05, 4.69) is 19.9 Å². The van der Waals surface area contributed by atoms with Crippen LogP contribution in [0.25, 0.3) is 0 Å². The van der Waals surface area contributed by atoms with Crippen molar-refractivity contribution in [2.45, 2.75) is 12.5 Å². The van der Waals surface area contributed by atoms with Crippen molar-refractivity contribution >= 4 is 23.3 Å². The van der Waals surface area contributed by atoms with Crippen molar-refractivity contribution in [1.82, 2.24) is 19.9 Å². The Bertz CT molecular complexity index is 654. The van der Waals surface area contributed by atoms with E-state index in [0.29, 0.717) is 37.6 Å². The van der Waals surface area contributed by atoms with Crippen LogP contribution in [-0.2, 0) is 11.2 Å². The molecule has 2 aromatic heterocycles. The lowest BCUT2D eigenvalue weighted by Crippen LogP contribution is -2.53. The summed E-state index contributed by atoms with van der Waals surface area (Å²) >= 11 is 6.17. The number of carbonyl (C=O) groups is 1. The fourth-order valence-corrected chi connectivity index (χ4v) is 2.94. The van der Waals surface area contributed by atoms with Crippen LogP contribution in [0.2, 0.25) is 5.02 Å². The summed E-state index contributed by atoms with van der Waals surface area (Å²) in [6.07, 6.45) is 5.46. The highest BCUT2D eigenvalue weighted by atomic mass is 35.5. The highest BCUT2D eigenvalue weighted by molar-refractivity contribution is 6.32. The number of aromatic amines is 1. The second kappa shape index (κ2) is 6.97. The summed E-state index contributed by atoms with van der Waals surface area (Å²) in [7, 11) is 0. The van der Waals surface area contributed by atoms with Crippen LogP contribution in [-0.4, -0.2) is 58.0 Å². The van der Waals surface area contributed by atoms with E-state index in [9.17, 15) is 4.79 Å². The maximum absolute atomic E-state index is 12.4. The number of anilines is 1. The molecule has 2 aromatic rings. The average molecular weight is 335 g/mol. The fraction of sp³-hybridized carbons (Fsp3) is 0.400. The lowest BCUT2D eigenvalue weighted by atomic mass is 10.1. The van der Waals surface area contributed by atoms with Crippen LogP contribution >= 0.6 is 11.6 Å². The molecule has 0 unspecified atom stereocenters. The zero-order valence-electron chi connectivity index (χ0n) is 12.7. The Morgan fingerprint density at radius 1 is 1.39 bits per heavy atom. The predicted molar refractivity (Wildman–Crippen MR) is 88.3 cm³/mol. The average Bonchev–Trinajstić information content (AvgIpc) is 3.08. The summed E-state index contributed by atoms with van der Waals surface area (Å²) < 4.78 is 0. The first kappa shape index (κ1) is 15.8. The van der Waals surface area contributed by atoms with Gasteiger partial charge < -0.3 is 20.5 Å². The molecule has 1 aliphatic rings. The molecule has 0 bridgehead atoms. The second-order valence-electron chi connectivity index (χ2n) is 5.51. The fourth-order valence-electron chi connectivity index (χ4n) is 2.70. The van der Waals surface area contributed by atoms with Gasteiger partial charge in [0.25, 0.3) is 0 Å². The minimum Gasteiger partial charge on any atom is -0.352 e. The van der Waals surface area contributed by atoms with Crippen molar-refractivity contribution < 1.29 is 4.79 Å². The minimum absolute atomic E-state index is 0.0358. The number of piperazine rings is 1. The summed E-state index contributed by atoms with van der Waals surface area (Å²) in [5.74, 6) is 0.731. The van der Waals surface area contributed by atoms with E-state index in [4.69, 9.17) is 17.3 Å². The highest BCUT2D eigenvalue weighted by Gasteiger charge is 2.26. The molecule has 0 aromatic carbocycles. The number of rotatable bonds is 4. The molecule has 8 heteroatoms. The summed E-state index contributed by atoms with van der Waals surface area (Å²) in [6, 6.07) is 3.07. The van der Waals surface area contributed by atoms with Crippen LogP contribution in [0.1, 0.15) is 5.69 Å². The number of hydrogen-bond acceptors (Lipinski definition) is 5. The van der Waals surface area contributed by atoms with Crippen molar-refractivity contribution in [3.63, 3.8) is 0 Å². The number of nitrogens with two attached hydrogens (primary N) is 1. The summed E-state index contributed by atoms with van der Waals surface area (Å²) in [6.45, 7) is 2.61. The summed E-state index contributed by atoms with van der Waals surface area (Å²) in [4.78, 5) is 27.5. The molecule has 23 heavy (non-hydrogen) atoms. The molecule has 3 N–H and O–H groups in total. The largest absolute Gasteiger partial charge is 0.352 e. The molecule has 1 atom stereocenters. The zero-order chi connectivity index (χ0) is 16.2. The van der Waals surface area contributed by atoms with E-state index in [1.165, 1.54) is 0 Å². The third kappa shape index (κ3) is 3.62. The van der Waals surface area contributed by atoms with Crippen LogP contribution in [0.4, 0.5) is 5.82 Å². The van der Waals surface area contributed by atoms with E-state index >= 15 is 0 Å². The lowest BCUT2D eigenvalue weighted by Gasteiger charge is -2.36. The zero-order valence-corrected chi connectivity index (χ0v) is 13.4. The van der Waals surface area contributed by atoms with Gasteiger partial charge in [0, 0.05) is 50.7 Å². The van der Waals surface area contributed by atoms with Gasteiger partial charge in [0.2, 0.25) is 5.91 Å². The smallest absolute Gasteiger partial charge is 0.240 e. The number of halogens is 1. The number of nitrogens with zero attached hydrogens (tertiary/aromatic N) is 4. The molecule has 1 amide bonds. The maximum atomic E-state index is 12.4. The van der Waals surface area contributed by atoms with Gasteiger partial charge >= 0.3 is 0 Å². The van der Waals surface area contributed by atoms with Crippen molar-refractivity contribution in [1.29, 1.82) is 0 Å². The Morgan fingerprint density at radius 2 is 2.17 bits per heavy atom. The van der Waals surface area contributed by atoms with E-state index in [1.807, 2.05) is 6.07 Å². The van der Waals surface area contributed by atoms with Crippen molar-refractivity contribution in [2.24, 2.45) is 5.73 Å². The van der Waals surface area contributed by atoms with Gasteiger partial charge in [-0.1, -0.05) is 11.6 Å². The molecule has 3 heterocycles. The number of amides is 1. The van der Waals surface area contributed by atoms with Crippen molar-refractivity contribution in [3.8, 4) is 0 Å². The first-order valence-electron chi connectivity index (χ1n) is 7.52. The van der Waals surface area contributed by atoms with Gasteiger partial charge in [0.1, 0.15) is 5.82 Å². The molecule has 1 fully saturated rings. The van der Waals surface area contributed by atoms with Crippen LogP contribution < -0.4 is 10.6 Å². The van der Waals surface area contributed by atoms with Gasteiger partial charge in [-0.2, -0.15) is 0 Å². The lowest BCUT2D eigenvalue weighted by molar-refractivity contribution is -0.132. The monoisotopic (exact) mass is 334 g/mol. The molecule has 0 aliphatic carbocycles. The third-order valence-corrected chi connectivity index (χ3v) is 4.24. The second-order valence-corrected chi connectivity index (χ2v) is 5.92. The number of aromatic nitrogens is 3. The first-order chi connectivity index (χ1) is 11.1. The number of imidazole rings is 1. The van der Waals surface area contributed by atoms with E-state index in [0.717, 1.165) is 11.5 Å². The van der Waals surface area contributed by atoms with Gasteiger partial charge in [0.05, 0.1) is 17.4 Å². The Labute approximate surface area is 139 Å². The molecule has 3 rings (SSSR count). The number of pyridine rings is 1. The molecular formula is C15H19ClN6O. The maximum Gasteiger partial charge on any atom is 0.240 e. The molecule has 122 valence electrons. The predicted octanol–water partition coefficient (Wildman–Crippen LogP) is 0.677. The van der Waals surface area contributed by atoms with Gasteiger partial charge in [0.15, 0.2) is 0 Å². The Morgan fingerprint density at radius 3 is 2.83 bits per heavy atom. The number of carbonyl (C=O) groups excluding carboxylic acids is 1. The van der Waals surface area contributed by atoms with Crippen LogP contribution in [0, 0.1) is 0 Å². The van der Waals surface area contributed by atoms with E-state index < -0.39 is 6.04 Å². The van der Waals surface area contributed by atoms with Gasteiger partial charge in [-0.3, -0.25) is 4.79 Å². The van der Waals surface area contributed by atoms with Crippen molar-refractivity contribution in [2.75, 3.05) is 31.1 Å². The minimum atomic E-state index is -0.555. The van der Waals surface area contributed by atoms with E-state index in [-0.39, 0.29) is 5.91 Å². The Kier molecular flexibility index (Phi) is 4.78. The number of nitrogens with one attached hydrogen (secondary N) is 1. The topological polar surface area (TPSA) is 91.1 Å². The number of hydrogen-bond donors (Lipinski definition) is 2. The summed E-state index contributed by atoms with van der Waals surface area (Å²) in [5, 5.41) is 0.628. The molecule has 1 saturated heterocycles. The van der Waals surface area contributed by atoms with Gasteiger partial charge in [-0.25, -0.2) is 9.97 Å². The highest BCUT2D eigenvalue weighted by Crippen LogP contribution is 2.23. The Hall–Kier alpha value is -2.12. The number of H-pyrrole nitrogens is 1. The SMILES string of the molecule is N[C@@H](Cc1cnc[nH]1)C(=O)N1CCN(c2ncccc2Cl)CC1. The molecule has 0 saturated carbocycles.